The van der Waals surface area contributed by atoms with Crippen molar-refractivity contribution in [2.45, 2.75) is 46.1 Å². The highest BCUT2D eigenvalue weighted by Crippen LogP contribution is 2.24. The van der Waals surface area contributed by atoms with Crippen molar-refractivity contribution in [3.05, 3.63) is 41.5 Å². The van der Waals surface area contributed by atoms with Crippen LogP contribution in [0.3, 0.4) is 0 Å². The molecule has 6 heteroatoms. The standard InChI is InChI=1S/C18H26N4O2/c1-11(2)17(18-19-13(4)21-22-18)20-16(23)9-12(3)14-7-6-8-15(10-14)24-5/h6-8,10-12,17H,9H2,1-5H3,(H,20,23)(H,19,21,22). The Balaban J connectivity index is 2.02. The lowest BCUT2D eigenvalue weighted by Gasteiger charge is -2.21. The molecule has 0 aliphatic carbocycles. The van der Waals surface area contributed by atoms with Crippen molar-refractivity contribution < 1.29 is 9.53 Å². The second-order valence-corrected chi connectivity index (χ2v) is 6.45. The zero-order chi connectivity index (χ0) is 17.7. The van der Waals surface area contributed by atoms with E-state index in [-0.39, 0.29) is 23.8 Å². The van der Waals surface area contributed by atoms with Crippen molar-refractivity contribution in [1.29, 1.82) is 0 Å². The van der Waals surface area contributed by atoms with E-state index in [9.17, 15) is 4.79 Å². The van der Waals surface area contributed by atoms with Gasteiger partial charge in [-0.25, -0.2) is 4.98 Å². The number of nitrogens with one attached hydrogen (secondary N) is 2. The van der Waals surface area contributed by atoms with Gasteiger partial charge in [-0.15, -0.1) is 0 Å². The van der Waals surface area contributed by atoms with Gasteiger partial charge in [-0.2, -0.15) is 5.10 Å². The van der Waals surface area contributed by atoms with Gasteiger partial charge in [-0.05, 0) is 36.5 Å². The fourth-order valence-electron chi connectivity index (χ4n) is 2.60. The molecule has 0 spiro atoms. The van der Waals surface area contributed by atoms with Gasteiger partial charge in [-0.1, -0.05) is 32.9 Å². The SMILES string of the molecule is COc1cccc(C(C)CC(=O)NC(c2n[nH]c(C)n2)C(C)C)c1. The Morgan fingerprint density at radius 1 is 1.33 bits per heavy atom. The van der Waals surface area contributed by atoms with Crippen LogP contribution < -0.4 is 10.1 Å². The maximum Gasteiger partial charge on any atom is 0.221 e. The van der Waals surface area contributed by atoms with E-state index in [0.29, 0.717) is 12.2 Å². The van der Waals surface area contributed by atoms with E-state index >= 15 is 0 Å². The summed E-state index contributed by atoms with van der Waals surface area (Å²) >= 11 is 0. The average molecular weight is 330 g/mol. The van der Waals surface area contributed by atoms with Gasteiger partial charge in [-0.3, -0.25) is 9.89 Å². The number of aryl methyl sites for hydroxylation is 1. The van der Waals surface area contributed by atoms with Crippen molar-refractivity contribution in [3.63, 3.8) is 0 Å². The number of nitrogens with zero attached hydrogens (tertiary/aromatic N) is 2. The first-order chi connectivity index (χ1) is 11.4. The van der Waals surface area contributed by atoms with Crippen LogP contribution in [0, 0.1) is 12.8 Å². The summed E-state index contributed by atoms with van der Waals surface area (Å²) in [6.45, 7) is 7.97. The van der Waals surface area contributed by atoms with Crippen LogP contribution in [0.5, 0.6) is 5.75 Å². The molecule has 1 heterocycles. The first kappa shape index (κ1) is 18.0. The molecule has 2 aromatic rings. The van der Waals surface area contributed by atoms with Crippen molar-refractivity contribution in [2.75, 3.05) is 7.11 Å². The molecule has 1 aromatic carbocycles. The predicted molar refractivity (Wildman–Crippen MR) is 92.9 cm³/mol. The van der Waals surface area contributed by atoms with E-state index in [1.807, 2.05) is 52.0 Å². The Bertz CT molecular complexity index is 681. The van der Waals surface area contributed by atoms with Gasteiger partial charge >= 0.3 is 0 Å². The number of ether oxygens (including phenoxy) is 1. The minimum absolute atomic E-state index is 0.00790. The molecule has 2 rings (SSSR count). The number of benzene rings is 1. The van der Waals surface area contributed by atoms with Crippen LogP contribution in [0.1, 0.15) is 56.4 Å². The number of rotatable bonds is 7. The summed E-state index contributed by atoms with van der Waals surface area (Å²) in [4.78, 5) is 16.8. The van der Waals surface area contributed by atoms with Crippen LogP contribution in [-0.2, 0) is 4.79 Å². The van der Waals surface area contributed by atoms with Gasteiger partial charge in [0.1, 0.15) is 11.6 Å². The maximum atomic E-state index is 12.5. The van der Waals surface area contributed by atoms with Crippen molar-refractivity contribution in [2.24, 2.45) is 5.92 Å². The van der Waals surface area contributed by atoms with E-state index in [0.717, 1.165) is 17.1 Å². The monoisotopic (exact) mass is 330 g/mol. The zero-order valence-electron chi connectivity index (χ0n) is 15.0. The molecule has 2 unspecified atom stereocenters. The highest BCUT2D eigenvalue weighted by molar-refractivity contribution is 5.77. The predicted octanol–water partition coefficient (Wildman–Crippen LogP) is 3.13. The fourth-order valence-corrected chi connectivity index (χ4v) is 2.60. The number of H-pyrrole nitrogens is 1. The quantitative estimate of drug-likeness (QED) is 0.817. The molecule has 0 saturated carbocycles. The minimum Gasteiger partial charge on any atom is -0.497 e. The molecule has 0 bridgehead atoms. The molecule has 130 valence electrons. The Hall–Kier alpha value is -2.37. The number of carbonyl (C=O) groups is 1. The molecule has 0 aliphatic heterocycles. The van der Waals surface area contributed by atoms with E-state index in [2.05, 4.69) is 20.5 Å². The third-order valence-corrected chi connectivity index (χ3v) is 4.03. The number of carbonyl (C=O) groups excluding carboxylic acids is 1. The molecule has 1 amide bonds. The zero-order valence-corrected chi connectivity index (χ0v) is 15.0. The molecule has 0 aliphatic rings. The summed E-state index contributed by atoms with van der Waals surface area (Å²) in [7, 11) is 1.64. The van der Waals surface area contributed by atoms with Gasteiger partial charge in [0.05, 0.1) is 13.2 Å². The van der Waals surface area contributed by atoms with E-state index < -0.39 is 0 Å². The summed E-state index contributed by atoms with van der Waals surface area (Å²) < 4.78 is 5.25. The number of aromatic nitrogens is 3. The van der Waals surface area contributed by atoms with Crippen LogP contribution >= 0.6 is 0 Å². The van der Waals surface area contributed by atoms with Gasteiger partial charge in [0.15, 0.2) is 5.82 Å². The van der Waals surface area contributed by atoms with Crippen LogP contribution in [0.4, 0.5) is 0 Å². The molecule has 6 nitrogen and oxygen atoms in total. The largest absolute Gasteiger partial charge is 0.497 e. The normalized spacial score (nSPS) is 13.6. The van der Waals surface area contributed by atoms with E-state index in [1.54, 1.807) is 7.11 Å². The van der Waals surface area contributed by atoms with Crippen LogP contribution in [-0.4, -0.2) is 28.2 Å². The Kier molecular flexibility index (Phi) is 5.95. The number of amides is 1. The lowest BCUT2D eigenvalue weighted by atomic mass is 9.96. The minimum atomic E-state index is -0.194. The van der Waals surface area contributed by atoms with Crippen LogP contribution in [0.15, 0.2) is 24.3 Å². The first-order valence-electron chi connectivity index (χ1n) is 8.23. The molecule has 1 aromatic heterocycles. The summed E-state index contributed by atoms with van der Waals surface area (Å²) in [5.74, 6) is 2.47. The molecule has 0 fully saturated rings. The number of hydrogen-bond acceptors (Lipinski definition) is 4. The molecular formula is C18H26N4O2. The van der Waals surface area contributed by atoms with E-state index in [1.165, 1.54) is 0 Å². The van der Waals surface area contributed by atoms with Crippen molar-refractivity contribution in [3.8, 4) is 5.75 Å². The Morgan fingerprint density at radius 2 is 2.08 bits per heavy atom. The van der Waals surface area contributed by atoms with Crippen molar-refractivity contribution in [1.82, 2.24) is 20.5 Å². The Labute approximate surface area is 143 Å². The highest BCUT2D eigenvalue weighted by atomic mass is 16.5. The molecule has 0 saturated heterocycles. The van der Waals surface area contributed by atoms with Crippen LogP contribution in [0.2, 0.25) is 0 Å². The second-order valence-electron chi connectivity index (χ2n) is 6.45. The topological polar surface area (TPSA) is 79.9 Å². The van der Waals surface area contributed by atoms with Crippen molar-refractivity contribution >= 4 is 5.91 Å². The van der Waals surface area contributed by atoms with E-state index in [4.69, 9.17) is 4.74 Å². The highest BCUT2D eigenvalue weighted by Gasteiger charge is 2.23. The van der Waals surface area contributed by atoms with Gasteiger partial charge in [0.25, 0.3) is 0 Å². The fraction of sp³-hybridized carbons (Fsp3) is 0.500. The van der Waals surface area contributed by atoms with Crippen LogP contribution in [0.25, 0.3) is 0 Å². The lowest BCUT2D eigenvalue weighted by molar-refractivity contribution is -0.122. The van der Waals surface area contributed by atoms with Gasteiger partial charge in [0.2, 0.25) is 5.91 Å². The maximum absolute atomic E-state index is 12.5. The lowest BCUT2D eigenvalue weighted by Crippen LogP contribution is -2.33. The van der Waals surface area contributed by atoms with Gasteiger partial charge < -0.3 is 10.1 Å². The average Bonchev–Trinajstić information content (AvgIpc) is 2.98. The second kappa shape index (κ2) is 7.95. The molecule has 2 N–H and O–H groups in total. The van der Waals surface area contributed by atoms with Gasteiger partial charge in [0, 0.05) is 6.42 Å². The first-order valence-corrected chi connectivity index (χ1v) is 8.23. The molecular weight excluding hydrogens is 304 g/mol. The third kappa shape index (κ3) is 4.57. The number of aromatic amines is 1. The number of hydrogen-bond donors (Lipinski definition) is 2. The smallest absolute Gasteiger partial charge is 0.221 e. The Morgan fingerprint density at radius 3 is 2.67 bits per heavy atom. The number of methoxy groups -OCH3 is 1. The summed E-state index contributed by atoms with van der Waals surface area (Å²) in [6, 6.07) is 7.63. The molecule has 2 atom stereocenters. The summed E-state index contributed by atoms with van der Waals surface area (Å²) in [5.41, 5.74) is 1.08. The summed E-state index contributed by atoms with van der Waals surface area (Å²) in [5, 5.41) is 10.1. The summed E-state index contributed by atoms with van der Waals surface area (Å²) in [6.07, 6.45) is 0.403. The third-order valence-electron chi connectivity index (χ3n) is 4.03. The molecule has 0 radical (unpaired) electrons. The molecule has 24 heavy (non-hydrogen) atoms.